The van der Waals surface area contributed by atoms with Crippen LogP contribution in [-0.4, -0.2) is 41.4 Å². The topological polar surface area (TPSA) is 23.5 Å². The number of hydrogen-bond donors (Lipinski definition) is 1. The molecule has 15 heavy (non-hydrogen) atoms. The van der Waals surface area contributed by atoms with E-state index in [1.54, 1.807) is 0 Å². The van der Waals surface area contributed by atoms with E-state index in [9.17, 15) is 9.50 Å². The van der Waals surface area contributed by atoms with Crippen LogP contribution < -0.4 is 0 Å². The Labute approximate surface area is 91.5 Å². The molecule has 88 valence electrons. The summed E-state index contributed by atoms with van der Waals surface area (Å²) >= 11 is 0. The molecule has 2 fully saturated rings. The summed E-state index contributed by atoms with van der Waals surface area (Å²) in [5.74, 6) is 0.657. The fraction of sp³-hybridized carbons (Fsp3) is 1.00. The Balaban J connectivity index is 1.90. The number of aliphatic hydroxyl groups is 1. The predicted molar refractivity (Wildman–Crippen MR) is 58.5 cm³/mol. The fourth-order valence-corrected chi connectivity index (χ4v) is 2.99. The van der Waals surface area contributed by atoms with Crippen molar-refractivity contribution < 1.29 is 9.50 Å². The van der Waals surface area contributed by atoms with Gasteiger partial charge >= 0.3 is 0 Å². The van der Waals surface area contributed by atoms with Crippen LogP contribution in [0.1, 0.15) is 39.0 Å². The van der Waals surface area contributed by atoms with Crippen LogP contribution in [0.2, 0.25) is 0 Å². The van der Waals surface area contributed by atoms with E-state index >= 15 is 0 Å². The first-order valence-electron chi connectivity index (χ1n) is 6.23. The molecule has 1 saturated heterocycles. The van der Waals surface area contributed by atoms with Gasteiger partial charge in [-0.25, -0.2) is 4.39 Å². The Kier molecular flexibility index (Phi) is 3.62. The van der Waals surface area contributed by atoms with Crippen molar-refractivity contribution in [2.24, 2.45) is 5.92 Å². The molecule has 1 N–H and O–H groups in total. The first-order valence-corrected chi connectivity index (χ1v) is 6.23. The van der Waals surface area contributed by atoms with Gasteiger partial charge in [-0.05, 0) is 38.0 Å². The Morgan fingerprint density at radius 1 is 1.13 bits per heavy atom. The lowest BCUT2D eigenvalue weighted by Gasteiger charge is -2.42. The second-order valence-corrected chi connectivity index (χ2v) is 5.22. The largest absolute Gasteiger partial charge is 0.393 e. The van der Waals surface area contributed by atoms with E-state index in [0.29, 0.717) is 24.8 Å². The molecular weight excluding hydrogens is 193 g/mol. The predicted octanol–water partition coefficient (Wildman–Crippen LogP) is 1.97. The Bertz CT molecular complexity index is 204. The first kappa shape index (κ1) is 11.3. The third-order valence-corrected chi connectivity index (χ3v) is 4.05. The summed E-state index contributed by atoms with van der Waals surface area (Å²) in [7, 11) is 0. The quantitative estimate of drug-likeness (QED) is 0.723. The minimum Gasteiger partial charge on any atom is -0.393 e. The van der Waals surface area contributed by atoms with Crippen molar-refractivity contribution in [1.82, 2.24) is 4.90 Å². The second-order valence-electron chi connectivity index (χ2n) is 5.22. The summed E-state index contributed by atoms with van der Waals surface area (Å²) in [5, 5.41) is 9.68. The Hall–Kier alpha value is -0.150. The van der Waals surface area contributed by atoms with Gasteiger partial charge in [-0.15, -0.1) is 0 Å². The zero-order chi connectivity index (χ0) is 10.8. The van der Waals surface area contributed by atoms with Crippen LogP contribution in [0.25, 0.3) is 0 Å². The minimum absolute atomic E-state index is 0.130. The van der Waals surface area contributed by atoms with Crippen molar-refractivity contribution in [3.05, 3.63) is 0 Å². The van der Waals surface area contributed by atoms with E-state index in [2.05, 4.69) is 11.8 Å². The van der Waals surface area contributed by atoms with Crippen molar-refractivity contribution in [1.29, 1.82) is 0 Å². The number of hydrogen-bond acceptors (Lipinski definition) is 2. The number of halogens is 1. The Morgan fingerprint density at radius 3 is 2.47 bits per heavy atom. The molecule has 2 nitrogen and oxygen atoms in total. The van der Waals surface area contributed by atoms with Crippen molar-refractivity contribution in [3.63, 3.8) is 0 Å². The minimum atomic E-state index is -0.593. The molecule has 2 rings (SSSR count). The van der Waals surface area contributed by atoms with Crippen LogP contribution >= 0.6 is 0 Å². The molecule has 1 heterocycles. The third-order valence-electron chi connectivity index (χ3n) is 4.05. The van der Waals surface area contributed by atoms with Crippen LogP contribution in [0.3, 0.4) is 0 Å². The molecular formula is C12H22FNO. The maximum Gasteiger partial charge on any atom is 0.103 e. The molecule has 1 aliphatic heterocycles. The van der Waals surface area contributed by atoms with Gasteiger partial charge in [0.1, 0.15) is 6.17 Å². The zero-order valence-corrected chi connectivity index (χ0v) is 9.53. The van der Waals surface area contributed by atoms with Crippen LogP contribution in [0.4, 0.5) is 4.39 Å². The lowest BCUT2D eigenvalue weighted by Crippen LogP contribution is -2.48. The number of alkyl halides is 1. The summed E-state index contributed by atoms with van der Waals surface area (Å²) < 4.78 is 13.0. The van der Waals surface area contributed by atoms with Gasteiger partial charge in [0.25, 0.3) is 0 Å². The van der Waals surface area contributed by atoms with Gasteiger partial charge in [-0.1, -0.05) is 6.92 Å². The molecule has 3 atom stereocenters. The standard InChI is InChI=1S/C12H22FNO/c1-9-2-3-11(15)8-12(9)14-6-4-10(13)5-7-14/h9-12,15H,2-8H2,1H3. The van der Waals surface area contributed by atoms with Crippen LogP contribution in [0.5, 0.6) is 0 Å². The molecule has 0 aromatic heterocycles. The van der Waals surface area contributed by atoms with E-state index in [1.807, 2.05) is 0 Å². The van der Waals surface area contributed by atoms with Crippen molar-refractivity contribution in [3.8, 4) is 0 Å². The highest BCUT2D eigenvalue weighted by Gasteiger charge is 2.33. The first-order chi connectivity index (χ1) is 7.16. The fourth-order valence-electron chi connectivity index (χ4n) is 2.99. The average molecular weight is 215 g/mol. The molecule has 0 bridgehead atoms. The second kappa shape index (κ2) is 4.79. The summed E-state index contributed by atoms with van der Waals surface area (Å²) in [6, 6.07) is 0.487. The van der Waals surface area contributed by atoms with Gasteiger partial charge < -0.3 is 5.11 Å². The maximum absolute atomic E-state index is 13.0. The van der Waals surface area contributed by atoms with Gasteiger partial charge in [0, 0.05) is 19.1 Å². The molecule has 0 aromatic rings. The third kappa shape index (κ3) is 2.70. The maximum atomic E-state index is 13.0. The number of likely N-dealkylation sites (tertiary alicyclic amines) is 1. The van der Waals surface area contributed by atoms with Crippen LogP contribution in [0.15, 0.2) is 0 Å². The normalized spacial score (nSPS) is 40.6. The van der Waals surface area contributed by atoms with E-state index < -0.39 is 6.17 Å². The average Bonchev–Trinajstić information content (AvgIpc) is 2.23. The highest BCUT2D eigenvalue weighted by atomic mass is 19.1. The van der Waals surface area contributed by atoms with Crippen LogP contribution in [-0.2, 0) is 0 Å². The molecule has 1 aliphatic carbocycles. The van der Waals surface area contributed by atoms with Gasteiger partial charge in [0.2, 0.25) is 0 Å². The summed E-state index contributed by atoms with van der Waals surface area (Å²) in [6.07, 6.45) is 3.58. The highest BCUT2D eigenvalue weighted by Crippen LogP contribution is 2.30. The van der Waals surface area contributed by atoms with E-state index in [1.165, 1.54) is 0 Å². The molecule has 1 saturated carbocycles. The van der Waals surface area contributed by atoms with Crippen molar-refractivity contribution in [2.75, 3.05) is 13.1 Å². The number of piperidine rings is 1. The molecule has 2 aliphatic rings. The van der Waals surface area contributed by atoms with E-state index in [-0.39, 0.29) is 6.10 Å². The molecule has 3 heteroatoms. The summed E-state index contributed by atoms with van der Waals surface area (Å²) in [6.45, 7) is 4.02. The van der Waals surface area contributed by atoms with Crippen LogP contribution in [0, 0.1) is 5.92 Å². The van der Waals surface area contributed by atoms with E-state index in [0.717, 1.165) is 32.4 Å². The van der Waals surface area contributed by atoms with Gasteiger partial charge in [0.15, 0.2) is 0 Å². The van der Waals surface area contributed by atoms with Crippen molar-refractivity contribution in [2.45, 2.75) is 57.3 Å². The lowest BCUT2D eigenvalue weighted by molar-refractivity contribution is 0.0131. The van der Waals surface area contributed by atoms with Gasteiger partial charge in [0.05, 0.1) is 6.10 Å². The highest BCUT2D eigenvalue weighted by molar-refractivity contribution is 4.87. The van der Waals surface area contributed by atoms with E-state index in [4.69, 9.17) is 0 Å². The summed E-state index contributed by atoms with van der Waals surface area (Å²) in [5.41, 5.74) is 0. The lowest BCUT2D eigenvalue weighted by atomic mass is 9.82. The number of aliphatic hydroxyl groups excluding tert-OH is 1. The molecule has 0 aromatic carbocycles. The zero-order valence-electron chi connectivity index (χ0n) is 9.53. The molecule has 0 amide bonds. The number of nitrogens with zero attached hydrogens (tertiary/aromatic N) is 1. The number of rotatable bonds is 1. The van der Waals surface area contributed by atoms with Gasteiger partial charge in [-0.2, -0.15) is 0 Å². The monoisotopic (exact) mass is 215 g/mol. The molecule has 0 spiro atoms. The SMILES string of the molecule is CC1CCC(O)CC1N1CCC(F)CC1. The molecule has 0 radical (unpaired) electrons. The van der Waals surface area contributed by atoms with Crippen molar-refractivity contribution >= 4 is 0 Å². The smallest absolute Gasteiger partial charge is 0.103 e. The molecule has 3 unspecified atom stereocenters. The van der Waals surface area contributed by atoms with Gasteiger partial charge in [-0.3, -0.25) is 4.90 Å². The summed E-state index contributed by atoms with van der Waals surface area (Å²) in [4.78, 5) is 2.39. The Morgan fingerprint density at radius 2 is 1.80 bits per heavy atom.